The fraction of sp³-hybridized carbons (Fsp3) is 0.462. The highest BCUT2D eigenvalue weighted by atomic mass is 35.5. The molecule has 1 aliphatic rings. The number of carbonyl (C=O) groups is 1. The minimum absolute atomic E-state index is 0.0620. The predicted molar refractivity (Wildman–Crippen MR) is 71.4 cm³/mol. The van der Waals surface area contributed by atoms with Crippen LogP contribution in [0.3, 0.4) is 0 Å². The monoisotopic (exact) mass is 287 g/mol. The highest BCUT2D eigenvalue weighted by molar-refractivity contribution is 6.31. The summed E-state index contributed by atoms with van der Waals surface area (Å²) in [6.07, 6.45) is -0.297. The van der Waals surface area contributed by atoms with E-state index < -0.39 is 5.41 Å². The highest BCUT2D eigenvalue weighted by Gasteiger charge is 2.48. The lowest BCUT2D eigenvalue weighted by Crippen LogP contribution is -2.33. The molecule has 1 saturated heterocycles. The van der Waals surface area contributed by atoms with Gasteiger partial charge in [-0.15, -0.1) is 11.6 Å². The molecule has 1 atom stereocenters. The second kappa shape index (κ2) is 5.08. The number of alkyl halides is 1. The second-order valence-electron chi connectivity index (χ2n) is 4.90. The molecule has 18 heavy (non-hydrogen) atoms. The van der Waals surface area contributed by atoms with E-state index in [1.807, 2.05) is 32.0 Å². The van der Waals surface area contributed by atoms with Crippen molar-refractivity contribution in [3.63, 3.8) is 0 Å². The maximum Gasteiger partial charge on any atom is 0.254 e. The summed E-state index contributed by atoms with van der Waals surface area (Å²) in [4.78, 5) is 17.8. The Labute approximate surface area is 117 Å². The Morgan fingerprint density at radius 3 is 2.61 bits per heavy atom. The molecule has 1 fully saturated rings. The van der Waals surface area contributed by atoms with Crippen LogP contribution < -0.4 is 0 Å². The van der Waals surface area contributed by atoms with Gasteiger partial charge in [0.2, 0.25) is 0 Å². The molecule has 2 rings (SSSR count). The van der Waals surface area contributed by atoms with Crippen LogP contribution in [0.2, 0.25) is 5.02 Å². The average molecular weight is 288 g/mol. The smallest absolute Gasteiger partial charge is 0.254 e. The van der Waals surface area contributed by atoms with Crippen LogP contribution in [0.1, 0.15) is 19.4 Å². The minimum Gasteiger partial charge on any atom is -0.272 e. The van der Waals surface area contributed by atoms with Crippen LogP contribution in [-0.2, 0) is 16.2 Å². The minimum atomic E-state index is -0.594. The quantitative estimate of drug-likeness (QED) is 0.799. The number of carbonyl (C=O) groups excluding carboxylic acids is 1. The summed E-state index contributed by atoms with van der Waals surface area (Å²) in [5.41, 5.74) is 0.266. The lowest BCUT2D eigenvalue weighted by atomic mass is 9.87. The van der Waals surface area contributed by atoms with Crippen molar-refractivity contribution >= 4 is 29.1 Å². The normalized spacial score (nSPS) is 22.6. The van der Waals surface area contributed by atoms with Crippen LogP contribution in [0.15, 0.2) is 24.3 Å². The van der Waals surface area contributed by atoms with Gasteiger partial charge in [0.25, 0.3) is 5.91 Å². The van der Waals surface area contributed by atoms with E-state index in [-0.39, 0.29) is 17.9 Å². The first-order valence-corrected chi connectivity index (χ1v) is 6.66. The van der Waals surface area contributed by atoms with E-state index in [1.54, 1.807) is 6.07 Å². The van der Waals surface area contributed by atoms with Crippen molar-refractivity contribution in [2.24, 2.45) is 5.41 Å². The number of halogens is 2. The summed E-state index contributed by atoms with van der Waals surface area (Å²) in [6, 6.07) is 7.40. The number of nitrogens with zero attached hydrogens (tertiary/aromatic N) is 1. The summed E-state index contributed by atoms with van der Waals surface area (Å²) in [7, 11) is 0. The van der Waals surface area contributed by atoms with Crippen molar-refractivity contribution in [1.29, 1.82) is 0 Å². The van der Waals surface area contributed by atoms with Gasteiger partial charge in [0.1, 0.15) is 6.10 Å². The maximum absolute atomic E-state index is 12.2. The molecule has 98 valence electrons. The number of hydrogen-bond donors (Lipinski definition) is 0. The van der Waals surface area contributed by atoms with Gasteiger partial charge < -0.3 is 0 Å². The molecule has 0 bridgehead atoms. The molecule has 1 unspecified atom stereocenters. The zero-order chi connectivity index (χ0) is 13.3. The average Bonchev–Trinajstić information content (AvgIpc) is 2.55. The largest absolute Gasteiger partial charge is 0.272 e. The fourth-order valence-corrected chi connectivity index (χ4v) is 2.54. The number of amides is 1. The molecule has 0 N–H and O–H groups in total. The molecular formula is C13H15Cl2NO2. The molecule has 0 aromatic heterocycles. The van der Waals surface area contributed by atoms with E-state index in [2.05, 4.69) is 0 Å². The Morgan fingerprint density at radius 2 is 2.06 bits per heavy atom. The molecular weight excluding hydrogens is 273 g/mol. The third-order valence-corrected chi connectivity index (χ3v) is 3.90. The van der Waals surface area contributed by atoms with Gasteiger partial charge in [-0.25, -0.2) is 5.06 Å². The molecule has 0 spiro atoms. The Kier molecular flexibility index (Phi) is 3.85. The third kappa shape index (κ3) is 2.35. The van der Waals surface area contributed by atoms with E-state index >= 15 is 0 Å². The molecule has 0 aliphatic carbocycles. The lowest BCUT2D eigenvalue weighted by molar-refractivity contribution is -0.174. The van der Waals surface area contributed by atoms with Crippen molar-refractivity contribution in [2.75, 3.05) is 5.88 Å². The molecule has 0 radical (unpaired) electrons. The van der Waals surface area contributed by atoms with Gasteiger partial charge in [0, 0.05) is 5.02 Å². The Bertz CT molecular complexity index is 462. The zero-order valence-corrected chi connectivity index (χ0v) is 11.8. The Morgan fingerprint density at radius 1 is 1.39 bits per heavy atom. The van der Waals surface area contributed by atoms with Crippen molar-refractivity contribution in [1.82, 2.24) is 5.06 Å². The Balaban J connectivity index is 2.17. The third-order valence-electron chi connectivity index (χ3n) is 3.25. The van der Waals surface area contributed by atoms with Gasteiger partial charge in [-0.3, -0.25) is 9.63 Å². The van der Waals surface area contributed by atoms with Crippen LogP contribution in [0.25, 0.3) is 0 Å². The van der Waals surface area contributed by atoms with Gasteiger partial charge in [0.05, 0.1) is 17.8 Å². The molecule has 1 amide bonds. The topological polar surface area (TPSA) is 29.5 Å². The second-order valence-corrected chi connectivity index (χ2v) is 5.62. The fourth-order valence-electron chi connectivity index (χ4n) is 1.90. The number of rotatable bonds is 3. The summed E-state index contributed by atoms with van der Waals surface area (Å²) in [5.74, 6) is 0.227. The Hall–Kier alpha value is -0.770. The molecule has 1 aromatic carbocycles. The van der Waals surface area contributed by atoms with Crippen LogP contribution in [0.4, 0.5) is 0 Å². The van der Waals surface area contributed by atoms with Gasteiger partial charge in [-0.1, -0.05) is 29.8 Å². The van der Waals surface area contributed by atoms with E-state index in [4.69, 9.17) is 28.0 Å². The van der Waals surface area contributed by atoms with Crippen molar-refractivity contribution in [3.05, 3.63) is 34.9 Å². The first kappa shape index (κ1) is 13.7. The number of benzene rings is 1. The van der Waals surface area contributed by atoms with E-state index in [1.165, 1.54) is 5.06 Å². The molecule has 5 heteroatoms. The van der Waals surface area contributed by atoms with Crippen molar-refractivity contribution < 1.29 is 9.63 Å². The molecule has 0 saturated carbocycles. The molecule has 1 heterocycles. The molecule has 1 aromatic rings. The van der Waals surface area contributed by atoms with Gasteiger partial charge in [-0.05, 0) is 25.5 Å². The van der Waals surface area contributed by atoms with Crippen LogP contribution in [0, 0.1) is 5.41 Å². The zero-order valence-electron chi connectivity index (χ0n) is 10.3. The van der Waals surface area contributed by atoms with E-state index in [0.717, 1.165) is 5.56 Å². The number of hydrogen-bond acceptors (Lipinski definition) is 2. The molecule has 1 aliphatic heterocycles. The maximum atomic E-state index is 12.2. The van der Waals surface area contributed by atoms with Crippen molar-refractivity contribution in [3.8, 4) is 0 Å². The molecule has 3 nitrogen and oxygen atoms in total. The first-order chi connectivity index (χ1) is 8.46. The summed E-state index contributed by atoms with van der Waals surface area (Å²) < 4.78 is 0. The van der Waals surface area contributed by atoms with Gasteiger partial charge in [-0.2, -0.15) is 0 Å². The van der Waals surface area contributed by atoms with Gasteiger partial charge in [0.15, 0.2) is 0 Å². The predicted octanol–water partition coefficient (Wildman–Crippen LogP) is 3.25. The lowest BCUT2D eigenvalue weighted by Gasteiger charge is -2.17. The summed E-state index contributed by atoms with van der Waals surface area (Å²) >= 11 is 11.9. The summed E-state index contributed by atoms with van der Waals surface area (Å²) in [5, 5.41) is 1.98. The number of hydroxylamine groups is 2. The van der Waals surface area contributed by atoms with Crippen LogP contribution >= 0.6 is 23.2 Å². The first-order valence-electron chi connectivity index (χ1n) is 5.75. The van der Waals surface area contributed by atoms with Crippen molar-refractivity contribution in [2.45, 2.75) is 26.5 Å². The standard InChI is InChI=1S/C13H15Cl2NO2/c1-13(2)11(7-14)18-16(12(13)17)8-9-5-3-4-6-10(9)15/h3-6,11H,7-8H2,1-2H3. The highest BCUT2D eigenvalue weighted by Crippen LogP contribution is 2.35. The van der Waals surface area contributed by atoms with Crippen LogP contribution in [0.5, 0.6) is 0 Å². The van der Waals surface area contributed by atoms with Gasteiger partial charge >= 0.3 is 0 Å². The van der Waals surface area contributed by atoms with E-state index in [9.17, 15) is 4.79 Å². The SMILES string of the molecule is CC1(C)C(=O)N(Cc2ccccc2Cl)OC1CCl. The van der Waals surface area contributed by atoms with E-state index in [0.29, 0.717) is 11.6 Å². The van der Waals surface area contributed by atoms with Crippen LogP contribution in [-0.4, -0.2) is 23.0 Å². The summed E-state index contributed by atoms with van der Waals surface area (Å²) in [6.45, 7) is 4.03.